The van der Waals surface area contributed by atoms with E-state index < -0.39 is 0 Å². The van der Waals surface area contributed by atoms with Crippen LogP contribution in [0.1, 0.15) is 5.69 Å². The fraction of sp³-hybridized carbons (Fsp3) is 0.154. The lowest BCUT2D eigenvalue weighted by Gasteiger charge is -2.07. The van der Waals surface area contributed by atoms with Gasteiger partial charge >= 0.3 is 0 Å². The maximum absolute atomic E-state index is 13.8. The van der Waals surface area contributed by atoms with Gasteiger partial charge in [-0.05, 0) is 31.3 Å². The molecule has 3 aromatic rings. The molecule has 4 nitrogen and oxygen atoms in total. The van der Waals surface area contributed by atoms with Crippen LogP contribution in [0.4, 0.5) is 4.39 Å². The van der Waals surface area contributed by atoms with Crippen molar-refractivity contribution >= 4 is 23.1 Å². The van der Waals surface area contributed by atoms with E-state index in [-0.39, 0.29) is 5.82 Å². The number of para-hydroxylation sites is 1. The van der Waals surface area contributed by atoms with Crippen LogP contribution in [0.2, 0.25) is 0 Å². The first kappa shape index (κ1) is 12.0. The van der Waals surface area contributed by atoms with Crippen LogP contribution >= 0.6 is 12.2 Å². The van der Waals surface area contributed by atoms with Crippen molar-refractivity contribution in [3.8, 4) is 11.4 Å². The van der Waals surface area contributed by atoms with E-state index in [4.69, 9.17) is 12.2 Å². The van der Waals surface area contributed by atoms with E-state index in [1.807, 2.05) is 26.1 Å². The zero-order valence-corrected chi connectivity index (χ0v) is 11.3. The number of fused-ring (bicyclic) bond motifs is 1. The molecule has 6 heteroatoms. The number of halogens is 1. The number of nitrogens with zero attached hydrogens (tertiary/aromatic N) is 3. The molecular formula is C13H11FN4S. The number of aromatic nitrogens is 4. The summed E-state index contributed by atoms with van der Waals surface area (Å²) in [5, 5.41) is 7.66. The highest BCUT2D eigenvalue weighted by Gasteiger charge is 2.13. The summed E-state index contributed by atoms with van der Waals surface area (Å²) in [7, 11) is 1.82. The Morgan fingerprint density at radius 3 is 2.84 bits per heavy atom. The molecule has 0 radical (unpaired) electrons. The van der Waals surface area contributed by atoms with E-state index >= 15 is 0 Å². The number of benzene rings is 1. The molecule has 0 saturated heterocycles. The van der Waals surface area contributed by atoms with Gasteiger partial charge in [0.2, 0.25) is 0 Å². The molecule has 0 aliphatic heterocycles. The molecule has 0 fully saturated rings. The number of rotatable bonds is 1. The molecule has 0 aliphatic rings. The molecule has 0 spiro atoms. The van der Waals surface area contributed by atoms with Crippen molar-refractivity contribution in [3.05, 3.63) is 40.5 Å². The number of hydrogen-bond donors (Lipinski definition) is 1. The zero-order chi connectivity index (χ0) is 13.6. The Kier molecular flexibility index (Phi) is 2.67. The van der Waals surface area contributed by atoms with E-state index in [0.29, 0.717) is 16.1 Å². The topological polar surface area (TPSA) is 46.5 Å². The van der Waals surface area contributed by atoms with Crippen molar-refractivity contribution in [1.29, 1.82) is 0 Å². The molecular weight excluding hydrogens is 263 g/mol. The number of nitrogens with one attached hydrogen (secondary N) is 1. The lowest BCUT2D eigenvalue weighted by Crippen LogP contribution is -1.97. The van der Waals surface area contributed by atoms with Crippen molar-refractivity contribution in [2.24, 2.45) is 7.05 Å². The van der Waals surface area contributed by atoms with Gasteiger partial charge in [0.1, 0.15) is 11.3 Å². The van der Waals surface area contributed by atoms with E-state index in [2.05, 4.69) is 15.2 Å². The summed E-state index contributed by atoms with van der Waals surface area (Å²) in [6.07, 6.45) is 0. The average Bonchev–Trinajstić information content (AvgIpc) is 2.70. The third kappa shape index (κ3) is 1.84. The number of hydrogen-bond acceptors (Lipinski definition) is 3. The van der Waals surface area contributed by atoms with Gasteiger partial charge in [0.15, 0.2) is 10.6 Å². The number of aryl methyl sites for hydroxylation is 1. The van der Waals surface area contributed by atoms with Crippen LogP contribution in [-0.2, 0) is 7.05 Å². The number of aromatic amines is 1. The highest BCUT2D eigenvalue weighted by molar-refractivity contribution is 7.71. The van der Waals surface area contributed by atoms with Crippen LogP contribution in [0.25, 0.3) is 22.3 Å². The second-order valence-corrected chi connectivity index (χ2v) is 4.75. The smallest absolute Gasteiger partial charge is 0.195 e. The van der Waals surface area contributed by atoms with Crippen molar-refractivity contribution in [2.45, 2.75) is 6.92 Å². The molecule has 0 amide bonds. The quantitative estimate of drug-likeness (QED) is 0.693. The summed E-state index contributed by atoms with van der Waals surface area (Å²) in [6, 6.07) is 6.78. The predicted molar refractivity (Wildman–Crippen MR) is 73.8 cm³/mol. The molecule has 0 atom stereocenters. The fourth-order valence-corrected chi connectivity index (χ4v) is 2.25. The molecule has 3 rings (SSSR count). The summed E-state index contributed by atoms with van der Waals surface area (Å²) in [6.45, 7) is 1.83. The molecule has 2 aromatic heterocycles. The van der Waals surface area contributed by atoms with Crippen molar-refractivity contribution in [2.75, 3.05) is 0 Å². The third-order valence-electron chi connectivity index (χ3n) is 3.04. The lowest BCUT2D eigenvalue weighted by atomic mass is 10.1. The summed E-state index contributed by atoms with van der Waals surface area (Å²) < 4.78 is 16.1. The summed E-state index contributed by atoms with van der Waals surface area (Å²) >= 11 is 5.11. The first-order valence-corrected chi connectivity index (χ1v) is 6.16. The van der Waals surface area contributed by atoms with Gasteiger partial charge in [0.25, 0.3) is 0 Å². The van der Waals surface area contributed by atoms with E-state index in [1.54, 1.807) is 10.6 Å². The van der Waals surface area contributed by atoms with Crippen LogP contribution in [-0.4, -0.2) is 19.7 Å². The minimum absolute atomic E-state index is 0.334. The Labute approximate surface area is 113 Å². The molecule has 0 saturated carbocycles. The standard InChI is InChI=1S/C13H11FN4S/c1-7-6-9(12-16-17-13(19)18(12)2)8-4-3-5-10(14)11(8)15-7/h3-6H,1-2H3,(H,17,19). The van der Waals surface area contributed by atoms with E-state index in [1.165, 1.54) is 6.07 Å². The number of H-pyrrole nitrogens is 1. The van der Waals surface area contributed by atoms with Crippen LogP contribution in [0.3, 0.4) is 0 Å². The average molecular weight is 274 g/mol. The number of pyridine rings is 1. The van der Waals surface area contributed by atoms with Gasteiger partial charge in [0.05, 0.1) is 0 Å². The largest absolute Gasteiger partial charge is 0.303 e. The van der Waals surface area contributed by atoms with Gasteiger partial charge in [-0.2, -0.15) is 5.10 Å². The van der Waals surface area contributed by atoms with E-state index in [0.717, 1.165) is 16.6 Å². The normalized spacial score (nSPS) is 11.1. The summed E-state index contributed by atoms with van der Waals surface area (Å²) in [5.74, 6) is 0.338. The van der Waals surface area contributed by atoms with Crippen molar-refractivity contribution in [3.63, 3.8) is 0 Å². The Morgan fingerprint density at radius 1 is 1.37 bits per heavy atom. The van der Waals surface area contributed by atoms with Gasteiger partial charge < -0.3 is 4.57 Å². The molecule has 1 aromatic carbocycles. The van der Waals surface area contributed by atoms with Crippen molar-refractivity contribution < 1.29 is 4.39 Å². The SMILES string of the molecule is Cc1cc(-c2n[nH]c(=S)n2C)c2cccc(F)c2n1. The van der Waals surface area contributed by atoms with E-state index in [9.17, 15) is 4.39 Å². The van der Waals surface area contributed by atoms with Gasteiger partial charge in [-0.25, -0.2) is 9.37 Å². The second kappa shape index (κ2) is 4.24. The molecule has 0 unspecified atom stereocenters. The minimum atomic E-state index is -0.334. The Hall–Kier alpha value is -2.08. The highest BCUT2D eigenvalue weighted by atomic mass is 32.1. The van der Waals surface area contributed by atoms with Crippen LogP contribution in [0.15, 0.2) is 24.3 Å². The highest BCUT2D eigenvalue weighted by Crippen LogP contribution is 2.28. The Balaban J connectivity index is 2.44. The lowest BCUT2D eigenvalue weighted by molar-refractivity contribution is 0.636. The molecule has 0 aliphatic carbocycles. The molecule has 96 valence electrons. The third-order valence-corrected chi connectivity index (χ3v) is 3.40. The maximum atomic E-state index is 13.8. The maximum Gasteiger partial charge on any atom is 0.195 e. The first-order valence-electron chi connectivity index (χ1n) is 5.75. The van der Waals surface area contributed by atoms with Gasteiger partial charge in [0, 0.05) is 23.7 Å². The van der Waals surface area contributed by atoms with Crippen LogP contribution in [0.5, 0.6) is 0 Å². The van der Waals surface area contributed by atoms with Gasteiger partial charge in [-0.15, -0.1) is 0 Å². The minimum Gasteiger partial charge on any atom is -0.303 e. The van der Waals surface area contributed by atoms with Gasteiger partial charge in [-0.1, -0.05) is 12.1 Å². The summed E-state index contributed by atoms with van der Waals surface area (Å²) in [4.78, 5) is 4.25. The Bertz CT molecular complexity index is 834. The molecule has 2 heterocycles. The molecule has 19 heavy (non-hydrogen) atoms. The fourth-order valence-electron chi connectivity index (χ4n) is 2.11. The molecule has 0 bridgehead atoms. The zero-order valence-electron chi connectivity index (χ0n) is 10.4. The predicted octanol–water partition coefficient (Wildman–Crippen LogP) is 3.14. The molecule has 1 N–H and O–H groups in total. The Morgan fingerprint density at radius 2 is 2.16 bits per heavy atom. The van der Waals surface area contributed by atoms with Crippen molar-refractivity contribution in [1.82, 2.24) is 19.7 Å². The van der Waals surface area contributed by atoms with Crippen LogP contribution < -0.4 is 0 Å². The van der Waals surface area contributed by atoms with Crippen LogP contribution in [0, 0.1) is 17.5 Å². The first-order chi connectivity index (χ1) is 9.08. The van der Waals surface area contributed by atoms with Gasteiger partial charge in [-0.3, -0.25) is 5.10 Å². The monoisotopic (exact) mass is 274 g/mol. The second-order valence-electron chi connectivity index (χ2n) is 4.36. The summed E-state index contributed by atoms with van der Waals surface area (Å²) in [5.41, 5.74) is 1.91.